The zero-order valence-electron chi connectivity index (χ0n) is 10.3. The smallest absolute Gasteiger partial charge is 0.230 e. The minimum absolute atomic E-state index is 0.0873. The number of piperidine rings is 1. The van der Waals surface area contributed by atoms with E-state index in [1.54, 1.807) is 0 Å². The van der Waals surface area contributed by atoms with Crippen LogP contribution in [0.2, 0.25) is 0 Å². The summed E-state index contributed by atoms with van der Waals surface area (Å²) in [5.41, 5.74) is 6.81. The van der Waals surface area contributed by atoms with Gasteiger partial charge in [-0.15, -0.1) is 0 Å². The lowest BCUT2D eigenvalue weighted by atomic mass is 10.0. The van der Waals surface area contributed by atoms with E-state index in [4.69, 9.17) is 5.73 Å². The van der Waals surface area contributed by atoms with Gasteiger partial charge >= 0.3 is 0 Å². The molecule has 1 saturated heterocycles. The molecule has 1 fully saturated rings. The molecule has 1 aliphatic rings. The molecule has 4 nitrogen and oxygen atoms in total. The van der Waals surface area contributed by atoms with Crippen molar-refractivity contribution in [1.82, 2.24) is 4.90 Å². The molecular formula is C14H18N2O2. The largest absolute Gasteiger partial charge is 0.327 e. The van der Waals surface area contributed by atoms with Crippen LogP contribution in [0.5, 0.6) is 0 Å². The Balaban J connectivity index is 1.87. The average Bonchev–Trinajstić information content (AvgIpc) is 2.37. The molecule has 4 heteroatoms. The third-order valence-electron chi connectivity index (χ3n) is 3.23. The first kappa shape index (κ1) is 12.8. The number of amides is 2. The number of hydrogen-bond acceptors (Lipinski definition) is 3. The Morgan fingerprint density at radius 2 is 2.06 bits per heavy atom. The molecule has 1 atom stereocenters. The molecule has 0 aliphatic carbocycles. The highest BCUT2D eigenvalue weighted by molar-refractivity contribution is 5.96. The Morgan fingerprint density at radius 1 is 1.33 bits per heavy atom. The predicted molar refractivity (Wildman–Crippen MR) is 68.7 cm³/mol. The number of aryl methyl sites for hydroxylation is 1. The molecule has 0 radical (unpaired) electrons. The summed E-state index contributed by atoms with van der Waals surface area (Å²) in [5.74, 6) is -0.220. The number of imide groups is 1. The molecule has 2 amide bonds. The molecule has 2 rings (SSSR count). The molecule has 0 spiro atoms. The van der Waals surface area contributed by atoms with E-state index in [0.29, 0.717) is 25.8 Å². The molecule has 1 aromatic carbocycles. The lowest BCUT2D eigenvalue weighted by molar-refractivity contribution is -0.146. The van der Waals surface area contributed by atoms with E-state index in [1.165, 1.54) is 4.90 Å². The van der Waals surface area contributed by atoms with Crippen LogP contribution in [0.4, 0.5) is 0 Å². The number of likely N-dealkylation sites (tertiary alicyclic amines) is 1. The maximum Gasteiger partial charge on any atom is 0.230 e. The van der Waals surface area contributed by atoms with E-state index in [9.17, 15) is 9.59 Å². The summed E-state index contributed by atoms with van der Waals surface area (Å²) in [7, 11) is 0. The third-order valence-corrected chi connectivity index (χ3v) is 3.23. The molecular weight excluding hydrogens is 228 g/mol. The lowest BCUT2D eigenvalue weighted by Gasteiger charge is -2.28. The first-order chi connectivity index (χ1) is 8.66. The van der Waals surface area contributed by atoms with Gasteiger partial charge in [0.05, 0.1) is 0 Å². The first-order valence-electron chi connectivity index (χ1n) is 6.29. The van der Waals surface area contributed by atoms with Gasteiger partial charge < -0.3 is 5.73 Å². The monoisotopic (exact) mass is 246 g/mol. The summed E-state index contributed by atoms with van der Waals surface area (Å²) >= 11 is 0. The van der Waals surface area contributed by atoms with E-state index in [1.807, 2.05) is 30.3 Å². The minimum atomic E-state index is -0.133. The third kappa shape index (κ3) is 3.17. The predicted octanol–water partition coefficient (Wildman–Crippen LogP) is 1.10. The summed E-state index contributed by atoms with van der Waals surface area (Å²) in [6.45, 7) is 0.466. The van der Waals surface area contributed by atoms with Gasteiger partial charge in [-0.05, 0) is 18.4 Å². The Kier molecular flexibility index (Phi) is 4.10. The highest BCUT2D eigenvalue weighted by Crippen LogP contribution is 2.12. The van der Waals surface area contributed by atoms with Gasteiger partial charge in [0.2, 0.25) is 11.8 Å². The molecule has 1 aromatic rings. The maximum absolute atomic E-state index is 12.0. The van der Waals surface area contributed by atoms with E-state index in [-0.39, 0.29) is 24.3 Å². The van der Waals surface area contributed by atoms with Gasteiger partial charge in [0.1, 0.15) is 0 Å². The Bertz CT molecular complexity index is 431. The van der Waals surface area contributed by atoms with Crippen molar-refractivity contribution in [3.8, 4) is 0 Å². The summed E-state index contributed by atoms with van der Waals surface area (Å²) in [4.78, 5) is 25.0. The van der Waals surface area contributed by atoms with E-state index in [2.05, 4.69) is 0 Å². The average molecular weight is 246 g/mol. The molecule has 0 bridgehead atoms. The van der Waals surface area contributed by atoms with E-state index >= 15 is 0 Å². The first-order valence-corrected chi connectivity index (χ1v) is 6.29. The molecule has 2 N–H and O–H groups in total. The second kappa shape index (κ2) is 5.78. The number of hydrogen-bond donors (Lipinski definition) is 1. The highest BCUT2D eigenvalue weighted by Gasteiger charge is 2.27. The fraction of sp³-hybridized carbons (Fsp3) is 0.429. The number of carbonyl (C=O) groups is 2. The van der Waals surface area contributed by atoms with Crippen LogP contribution >= 0.6 is 0 Å². The van der Waals surface area contributed by atoms with Crippen molar-refractivity contribution in [3.63, 3.8) is 0 Å². The van der Waals surface area contributed by atoms with Gasteiger partial charge in [-0.1, -0.05) is 30.3 Å². The van der Waals surface area contributed by atoms with Crippen LogP contribution in [0.25, 0.3) is 0 Å². The van der Waals surface area contributed by atoms with Crippen molar-refractivity contribution in [2.75, 3.05) is 6.54 Å². The fourth-order valence-electron chi connectivity index (χ4n) is 2.15. The minimum Gasteiger partial charge on any atom is -0.327 e. The molecule has 1 heterocycles. The number of rotatable bonds is 3. The van der Waals surface area contributed by atoms with Crippen LogP contribution in [0, 0.1) is 0 Å². The van der Waals surface area contributed by atoms with Crippen LogP contribution in [-0.4, -0.2) is 29.3 Å². The van der Waals surface area contributed by atoms with Crippen molar-refractivity contribution in [2.45, 2.75) is 31.7 Å². The Labute approximate surface area is 107 Å². The standard InChI is InChI=1S/C14H18N2O2/c15-12-8-9-16(14(18)10-12)13(17)7-6-11-4-2-1-3-5-11/h1-5,12H,6-10,15H2. The molecule has 96 valence electrons. The Morgan fingerprint density at radius 3 is 2.72 bits per heavy atom. The van der Waals surface area contributed by atoms with Gasteiger partial charge in [-0.3, -0.25) is 14.5 Å². The number of benzene rings is 1. The normalized spacial score (nSPS) is 19.9. The lowest BCUT2D eigenvalue weighted by Crippen LogP contribution is -2.46. The summed E-state index contributed by atoms with van der Waals surface area (Å²) in [5, 5.41) is 0. The fourth-order valence-corrected chi connectivity index (χ4v) is 2.15. The molecule has 0 saturated carbocycles. The maximum atomic E-state index is 12.0. The summed E-state index contributed by atoms with van der Waals surface area (Å²) < 4.78 is 0. The molecule has 1 unspecified atom stereocenters. The van der Waals surface area contributed by atoms with Crippen molar-refractivity contribution >= 4 is 11.8 Å². The van der Waals surface area contributed by atoms with Crippen molar-refractivity contribution in [1.29, 1.82) is 0 Å². The number of nitrogens with zero attached hydrogens (tertiary/aromatic N) is 1. The van der Waals surface area contributed by atoms with Gasteiger partial charge in [0, 0.05) is 25.4 Å². The second-order valence-corrected chi connectivity index (χ2v) is 4.68. The second-order valence-electron chi connectivity index (χ2n) is 4.68. The number of nitrogens with two attached hydrogens (primary N) is 1. The zero-order valence-corrected chi connectivity index (χ0v) is 10.3. The Hall–Kier alpha value is -1.68. The van der Waals surface area contributed by atoms with E-state index in [0.717, 1.165) is 5.56 Å². The van der Waals surface area contributed by atoms with Crippen LogP contribution < -0.4 is 5.73 Å². The van der Waals surface area contributed by atoms with Crippen molar-refractivity contribution in [2.24, 2.45) is 5.73 Å². The molecule has 18 heavy (non-hydrogen) atoms. The van der Waals surface area contributed by atoms with Crippen LogP contribution in [0.3, 0.4) is 0 Å². The van der Waals surface area contributed by atoms with Crippen LogP contribution in [-0.2, 0) is 16.0 Å². The summed E-state index contributed by atoms with van der Waals surface area (Å²) in [6, 6.07) is 9.73. The molecule has 1 aliphatic heterocycles. The summed E-state index contributed by atoms with van der Waals surface area (Å²) in [6.07, 6.45) is 2.06. The van der Waals surface area contributed by atoms with Crippen LogP contribution in [0.1, 0.15) is 24.8 Å². The van der Waals surface area contributed by atoms with E-state index < -0.39 is 0 Å². The van der Waals surface area contributed by atoms with Gasteiger partial charge in [0.25, 0.3) is 0 Å². The van der Waals surface area contributed by atoms with Gasteiger partial charge in [0.15, 0.2) is 0 Å². The highest BCUT2D eigenvalue weighted by atomic mass is 16.2. The topological polar surface area (TPSA) is 63.4 Å². The van der Waals surface area contributed by atoms with Gasteiger partial charge in [-0.2, -0.15) is 0 Å². The van der Waals surface area contributed by atoms with Gasteiger partial charge in [-0.25, -0.2) is 0 Å². The molecule has 0 aromatic heterocycles. The van der Waals surface area contributed by atoms with Crippen LogP contribution in [0.15, 0.2) is 30.3 Å². The van der Waals surface area contributed by atoms with Crippen molar-refractivity contribution in [3.05, 3.63) is 35.9 Å². The van der Waals surface area contributed by atoms with Crippen molar-refractivity contribution < 1.29 is 9.59 Å². The SMILES string of the molecule is NC1CCN(C(=O)CCc2ccccc2)C(=O)C1. The zero-order chi connectivity index (χ0) is 13.0. The number of carbonyl (C=O) groups excluding carboxylic acids is 2. The quantitative estimate of drug-likeness (QED) is 0.868.